The Morgan fingerprint density at radius 2 is 1.97 bits per heavy atom. The van der Waals surface area contributed by atoms with Gasteiger partial charge in [-0.25, -0.2) is 4.79 Å². The number of carbonyl (C=O) groups excluding carboxylic acids is 2. The smallest absolute Gasteiger partial charge is 0.322 e. The maximum Gasteiger partial charge on any atom is 0.322 e. The van der Waals surface area contributed by atoms with Crippen molar-refractivity contribution >= 4 is 17.6 Å². The Balaban J connectivity index is 1.75. The monoisotopic (exact) mass is 447 g/mol. The molecule has 0 atom stereocenters. The van der Waals surface area contributed by atoms with E-state index in [1.165, 1.54) is 4.90 Å². The molecule has 0 spiro atoms. The molecule has 3 aromatic rings. The third kappa shape index (κ3) is 6.74. The maximum absolute atomic E-state index is 13.3. The van der Waals surface area contributed by atoms with Crippen LogP contribution in [0.25, 0.3) is 0 Å². The second-order valence-electron chi connectivity index (χ2n) is 7.84. The van der Waals surface area contributed by atoms with Crippen LogP contribution in [0.3, 0.4) is 0 Å². The van der Waals surface area contributed by atoms with Gasteiger partial charge in [0.05, 0.1) is 31.0 Å². The molecule has 3 rings (SSSR count). The van der Waals surface area contributed by atoms with Crippen molar-refractivity contribution in [3.05, 3.63) is 78.0 Å². The van der Waals surface area contributed by atoms with E-state index in [0.29, 0.717) is 36.6 Å². The van der Waals surface area contributed by atoms with Crippen molar-refractivity contribution < 1.29 is 14.0 Å². The van der Waals surface area contributed by atoms with Crippen LogP contribution in [0.15, 0.2) is 65.4 Å². The zero-order valence-corrected chi connectivity index (χ0v) is 19.0. The molecular formula is C25H29N5O3. The first-order chi connectivity index (χ1) is 16.0. The summed E-state index contributed by atoms with van der Waals surface area (Å²) in [4.78, 5) is 29.6. The minimum Gasteiger partial charge on any atom is -0.467 e. The third-order valence-electron chi connectivity index (χ3n) is 5.32. The standard InChI is InChI=1S/C25H29N5O3/c1-3-4-13-29(25(32)27-21-9-5-8-20(15-21)16-26)19-24(31)30(18-23-11-7-14-33-23)17-22-10-6-12-28(22)2/h5-12,14-15H,3-4,13,17-19H2,1-2H3,(H,27,32). The quantitative estimate of drug-likeness (QED) is 0.500. The minimum atomic E-state index is -0.372. The van der Waals surface area contributed by atoms with Crippen LogP contribution >= 0.6 is 0 Å². The highest BCUT2D eigenvalue weighted by atomic mass is 16.3. The van der Waals surface area contributed by atoms with Crippen LogP contribution < -0.4 is 5.32 Å². The molecule has 0 unspecified atom stereocenters. The van der Waals surface area contributed by atoms with Gasteiger partial charge in [0.25, 0.3) is 0 Å². The minimum absolute atomic E-state index is 0.0606. The Labute approximate surface area is 194 Å². The lowest BCUT2D eigenvalue weighted by Gasteiger charge is -2.27. The van der Waals surface area contributed by atoms with Crippen molar-refractivity contribution in [2.24, 2.45) is 7.05 Å². The Bertz CT molecular complexity index is 1100. The van der Waals surface area contributed by atoms with Gasteiger partial charge >= 0.3 is 6.03 Å². The predicted octanol–water partition coefficient (Wildman–Crippen LogP) is 4.35. The fourth-order valence-corrected chi connectivity index (χ4v) is 3.41. The molecule has 0 aliphatic rings. The molecule has 1 aromatic carbocycles. The number of hydrogen-bond donors (Lipinski definition) is 1. The normalized spacial score (nSPS) is 10.5. The number of anilines is 1. The van der Waals surface area contributed by atoms with E-state index in [1.54, 1.807) is 41.5 Å². The summed E-state index contributed by atoms with van der Waals surface area (Å²) in [7, 11) is 1.93. The van der Waals surface area contributed by atoms with E-state index in [0.717, 1.165) is 18.5 Å². The molecule has 0 radical (unpaired) electrons. The van der Waals surface area contributed by atoms with Crippen LogP contribution in [0.2, 0.25) is 0 Å². The molecule has 3 amide bonds. The van der Waals surface area contributed by atoms with Gasteiger partial charge < -0.3 is 24.1 Å². The Morgan fingerprint density at radius 1 is 1.12 bits per heavy atom. The molecule has 0 bridgehead atoms. The zero-order valence-electron chi connectivity index (χ0n) is 19.0. The summed E-state index contributed by atoms with van der Waals surface area (Å²) < 4.78 is 7.43. The first-order valence-corrected chi connectivity index (χ1v) is 11.0. The van der Waals surface area contributed by atoms with E-state index in [1.807, 2.05) is 42.9 Å². The number of amides is 3. The lowest BCUT2D eigenvalue weighted by Crippen LogP contribution is -2.44. The predicted molar refractivity (Wildman–Crippen MR) is 125 cm³/mol. The summed E-state index contributed by atoms with van der Waals surface area (Å²) in [5.41, 5.74) is 1.95. The fraction of sp³-hybridized carbons (Fsp3) is 0.320. The van der Waals surface area contributed by atoms with Gasteiger partial charge in [0.2, 0.25) is 5.91 Å². The second-order valence-corrected chi connectivity index (χ2v) is 7.84. The van der Waals surface area contributed by atoms with Crippen LogP contribution in [0.4, 0.5) is 10.5 Å². The Morgan fingerprint density at radius 3 is 2.64 bits per heavy atom. The number of benzene rings is 1. The third-order valence-corrected chi connectivity index (χ3v) is 5.32. The summed E-state index contributed by atoms with van der Waals surface area (Å²) in [5, 5.41) is 11.9. The average Bonchev–Trinajstić information content (AvgIpc) is 3.47. The van der Waals surface area contributed by atoms with E-state index >= 15 is 0 Å². The van der Waals surface area contributed by atoms with E-state index in [4.69, 9.17) is 9.68 Å². The van der Waals surface area contributed by atoms with Crippen molar-refractivity contribution in [3.8, 4) is 6.07 Å². The van der Waals surface area contributed by atoms with Gasteiger partial charge in [-0.05, 0) is 48.9 Å². The lowest BCUT2D eigenvalue weighted by molar-refractivity contribution is -0.133. The van der Waals surface area contributed by atoms with Gasteiger partial charge in [-0.1, -0.05) is 19.4 Å². The van der Waals surface area contributed by atoms with Gasteiger partial charge in [-0.2, -0.15) is 5.26 Å². The average molecular weight is 448 g/mol. The van der Waals surface area contributed by atoms with Gasteiger partial charge in [-0.15, -0.1) is 0 Å². The molecule has 0 fully saturated rings. The summed E-state index contributed by atoms with van der Waals surface area (Å²) in [6, 6.07) is 15.9. The highest BCUT2D eigenvalue weighted by molar-refractivity contribution is 5.92. The summed E-state index contributed by atoms with van der Waals surface area (Å²) >= 11 is 0. The van der Waals surface area contributed by atoms with Crippen molar-refractivity contribution in [1.29, 1.82) is 5.26 Å². The number of hydrogen-bond acceptors (Lipinski definition) is 4. The molecule has 172 valence electrons. The van der Waals surface area contributed by atoms with Gasteiger partial charge in [0.15, 0.2) is 0 Å². The van der Waals surface area contributed by atoms with Crippen molar-refractivity contribution in [2.45, 2.75) is 32.9 Å². The lowest BCUT2D eigenvalue weighted by atomic mass is 10.2. The fourth-order valence-electron chi connectivity index (χ4n) is 3.41. The molecule has 0 aliphatic carbocycles. The zero-order chi connectivity index (χ0) is 23.6. The number of urea groups is 1. The number of rotatable bonds is 10. The molecule has 0 saturated heterocycles. The van der Waals surface area contributed by atoms with Crippen LogP contribution in [0, 0.1) is 11.3 Å². The molecule has 2 aromatic heterocycles. The van der Waals surface area contributed by atoms with E-state index in [2.05, 4.69) is 11.4 Å². The molecule has 0 aliphatic heterocycles. The highest BCUT2D eigenvalue weighted by Crippen LogP contribution is 2.14. The van der Waals surface area contributed by atoms with Crippen molar-refractivity contribution in [1.82, 2.24) is 14.4 Å². The number of carbonyl (C=O) groups is 2. The van der Waals surface area contributed by atoms with Crippen LogP contribution in [0.1, 0.15) is 36.8 Å². The van der Waals surface area contributed by atoms with Crippen LogP contribution in [0.5, 0.6) is 0 Å². The largest absolute Gasteiger partial charge is 0.467 e. The SMILES string of the molecule is CCCCN(CC(=O)N(Cc1ccco1)Cc1cccn1C)C(=O)Nc1cccc(C#N)c1. The molecule has 0 saturated carbocycles. The number of aromatic nitrogens is 1. The summed E-state index contributed by atoms with van der Waals surface area (Å²) in [6.45, 7) is 3.13. The van der Waals surface area contributed by atoms with E-state index < -0.39 is 0 Å². The van der Waals surface area contributed by atoms with Crippen molar-refractivity contribution in [2.75, 3.05) is 18.4 Å². The molecule has 1 N–H and O–H groups in total. The number of nitrogens with zero attached hydrogens (tertiary/aromatic N) is 4. The molecular weight excluding hydrogens is 418 g/mol. The first kappa shape index (κ1) is 23.7. The molecule has 33 heavy (non-hydrogen) atoms. The number of unbranched alkanes of at least 4 members (excludes halogenated alkanes) is 1. The topological polar surface area (TPSA) is 94.5 Å². The Hall–Kier alpha value is -3.99. The van der Waals surface area contributed by atoms with Gasteiger partial charge in [0.1, 0.15) is 12.3 Å². The number of furan rings is 1. The summed E-state index contributed by atoms with van der Waals surface area (Å²) in [5.74, 6) is 0.500. The molecule has 8 nitrogen and oxygen atoms in total. The maximum atomic E-state index is 13.3. The molecule has 8 heteroatoms. The van der Waals surface area contributed by atoms with Crippen LogP contribution in [-0.2, 0) is 24.9 Å². The number of aryl methyl sites for hydroxylation is 1. The number of nitrogens with one attached hydrogen (secondary N) is 1. The van der Waals surface area contributed by atoms with E-state index in [9.17, 15) is 9.59 Å². The van der Waals surface area contributed by atoms with Gasteiger partial charge in [-0.3, -0.25) is 4.79 Å². The second kappa shape index (κ2) is 11.6. The number of nitriles is 1. The summed E-state index contributed by atoms with van der Waals surface area (Å²) in [6.07, 6.45) is 5.17. The Kier molecular flexibility index (Phi) is 8.30. The first-order valence-electron chi connectivity index (χ1n) is 11.0. The molecule has 2 heterocycles. The van der Waals surface area contributed by atoms with E-state index in [-0.39, 0.29) is 18.5 Å². The van der Waals surface area contributed by atoms with Crippen molar-refractivity contribution in [3.63, 3.8) is 0 Å². The van der Waals surface area contributed by atoms with Gasteiger partial charge in [0, 0.05) is 31.2 Å². The highest BCUT2D eigenvalue weighted by Gasteiger charge is 2.23. The van der Waals surface area contributed by atoms with Crippen LogP contribution in [-0.4, -0.2) is 39.4 Å².